The third-order valence-electron chi connectivity index (χ3n) is 6.57. The number of hydrogen-bond acceptors (Lipinski definition) is 7. The number of nitrogens with zero attached hydrogens (tertiary/aromatic N) is 2. The number of methoxy groups -OCH3 is 1. The minimum absolute atomic E-state index is 0.107. The van der Waals surface area contributed by atoms with E-state index in [1.54, 1.807) is 43.2 Å². The number of amides is 2. The van der Waals surface area contributed by atoms with Gasteiger partial charge in [-0.05, 0) is 56.9 Å². The third-order valence-corrected chi connectivity index (χ3v) is 6.57. The van der Waals surface area contributed by atoms with Crippen LogP contribution >= 0.6 is 0 Å². The van der Waals surface area contributed by atoms with Crippen molar-refractivity contribution in [2.45, 2.75) is 44.2 Å². The Hall–Kier alpha value is -3.07. The Kier molecular flexibility index (Phi) is 6.88. The van der Waals surface area contributed by atoms with Gasteiger partial charge in [0.15, 0.2) is 5.76 Å². The predicted octanol–water partition coefficient (Wildman–Crippen LogP) is 3.04. The highest BCUT2D eigenvalue weighted by Gasteiger charge is 2.62. The Morgan fingerprint density at radius 3 is 2.64 bits per heavy atom. The van der Waals surface area contributed by atoms with E-state index in [0.717, 1.165) is 12.8 Å². The zero-order valence-electron chi connectivity index (χ0n) is 19.0. The van der Waals surface area contributed by atoms with Gasteiger partial charge in [0.1, 0.15) is 17.3 Å². The molecule has 9 nitrogen and oxygen atoms in total. The van der Waals surface area contributed by atoms with E-state index in [2.05, 4.69) is 0 Å². The van der Waals surface area contributed by atoms with E-state index >= 15 is 0 Å². The van der Waals surface area contributed by atoms with Crippen molar-refractivity contribution < 1.29 is 32.7 Å². The van der Waals surface area contributed by atoms with Gasteiger partial charge < -0.3 is 28.1 Å². The van der Waals surface area contributed by atoms with Crippen molar-refractivity contribution in [1.29, 1.82) is 0 Å². The molecule has 0 aliphatic carbocycles. The van der Waals surface area contributed by atoms with Crippen LogP contribution in [0.1, 0.15) is 55.0 Å². The fourth-order valence-corrected chi connectivity index (χ4v) is 5.16. The van der Waals surface area contributed by atoms with E-state index in [1.165, 1.54) is 17.4 Å². The van der Waals surface area contributed by atoms with Crippen LogP contribution in [0.25, 0.3) is 0 Å². The molecule has 2 amide bonds. The summed E-state index contributed by atoms with van der Waals surface area (Å²) >= 11 is 0. The quantitative estimate of drug-likeness (QED) is 0.588. The maximum atomic E-state index is 14.1. The monoisotopic (exact) mass is 458 g/mol. The van der Waals surface area contributed by atoms with Crippen LogP contribution in [0.3, 0.4) is 0 Å². The van der Waals surface area contributed by atoms with Gasteiger partial charge in [0, 0.05) is 20.2 Å². The number of carbonyl (C=O) groups excluding carboxylic acids is 3. The van der Waals surface area contributed by atoms with Crippen LogP contribution in [-0.2, 0) is 19.1 Å². The molecule has 4 heterocycles. The molecule has 33 heavy (non-hydrogen) atoms. The maximum absolute atomic E-state index is 14.1. The molecular weight excluding hydrogens is 428 g/mol. The lowest BCUT2D eigenvalue weighted by Crippen LogP contribution is -2.58. The fourth-order valence-electron chi connectivity index (χ4n) is 5.16. The first-order valence-corrected chi connectivity index (χ1v) is 11.4. The van der Waals surface area contributed by atoms with E-state index in [9.17, 15) is 14.4 Å². The second kappa shape index (κ2) is 9.82. The average Bonchev–Trinajstić information content (AvgIpc) is 3.56. The van der Waals surface area contributed by atoms with Crippen molar-refractivity contribution in [2.24, 2.45) is 5.92 Å². The van der Waals surface area contributed by atoms with E-state index in [0.29, 0.717) is 31.9 Å². The highest BCUT2D eigenvalue weighted by Crippen LogP contribution is 2.51. The van der Waals surface area contributed by atoms with Gasteiger partial charge >= 0.3 is 5.97 Å². The molecular formula is C24H30N2O7. The first kappa shape index (κ1) is 23.1. The van der Waals surface area contributed by atoms with Crippen molar-refractivity contribution >= 4 is 17.8 Å². The van der Waals surface area contributed by atoms with Gasteiger partial charge in [0.2, 0.25) is 5.91 Å². The second-order valence-electron chi connectivity index (χ2n) is 8.45. The summed E-state index contributed by atoms with van der Waals surface area (Å²) in [5.41, 5.74) is -1.22. The normalized spacial score (nSPS) is 25.5. The van der Waals surface area contributed by atoms with Crippen molar-refractivity contribution in [3.8, 4) is 0 Å². The Labute approximate surface area is 192 Å². The van der Waals surface area contributed by atoms with Crippen molar-refractivity contribution in [2.75, 3.05) is 33.4 Å². The van der Waals surface area contributed by atoms with Crippen LogP contribution in [0, 0.1) is 5.92 Å². The molecule has 1 spiro atoms. The Bertz CT molecular complexity index is 956. The molecule has 2 fully saturated rings. The molecule has 178 valence electrons. The molecule has 2 aliphatic rings. The predicted molar refractivity (Wildman–Crippen MR) is 116 cm³/mol. The highest BCUT2D eigenvalue weighted by atomic mass is 16.5. The van der Waals surface area contributed by atoms with Gasteiger partial charge in [-0.3, -0.25) is 14.4 Å². The zero-order valence-corrected chi connectivity index (χ0v) is 19.0. The van der Waals surface area contributed by atoms with Crippen LogP contribution in [0.5, 0.6) is 0 Å². The van der Waals surface area contributed by atoms with E-state index in [4.69, 9.17) is 18.3 Å². The highest BCUT2D eigenvalue weighted by molar-refractivity contribution is 5.99. The SMILES string of the molecule is CCOC(=O)[C@H]1C[C@]2(CCCCN(CCOC)C2=O)N(C(=O)c2ccco2)[C@H]1c1ccco1. The van der Waals surface area contributed by atoms with Crippen LogP contribution in [0.2, 0.25) is 0 Å². The maximum Gasteiger partial charge on any atom is 0.311 e. The number of furan rings is 2. The van der Waals surface area contributed by atoms with Gasteiger partial charge in [-0.2, -0.15) is 0 Å². The number of esters is 1. The average molecular weight is 459 g/mol. The summed E-state index contributed by atoms with van der Waals surface area (Å²) in [6.07, 6.45) is 5.05. The molecule has 4 rings (SSSR count). The molecule has 2 aromatic heterocycles. The largest absolute Gasteiger partial charge is 0.467 e. The second-order valence-corrected chi connectivity index (χ2v) is 8.45. The molecule has 9 heteroatoms. The molecule has 2 aromatic rings. The zero-order chi connectivity index (χ0) is 23.4. The van der Waals surface area contributed by atoms with Gasteiger partial charge in [-0.25, -0.2) is 0 Å². The fraction of sp³-hybridized carbons (Fsp3) is 0.542. The molecule has 0 aromatic carbocycles. The van der Waals surface area contributed by atoms with Crippen molar-refractivity contribution in [1.82, 2.24) is 9.80 Å². The summed E-state index contributed by atoms with van der Waals surface area (Å²) in [4.78, 5) is 44.3. The van der Waals surface area contributed by atoms with E-state index < -0.39 is 29.4 Å². The van der Waals surface area contributed by atoms with Gasteiger partial charge in [0.05, 0.1) is 31.7 Å². The summed E-state index contributed by atoms with van der Waals surface area (Å²) in [6.45, 7) is 3.31. The molecule has 0 bridgehead atoms. The molecule has 2 saturated heterocycles. The summed E-state index contributed by atoms with van der Waals surface area (Å²) in [7, 11) is 1.59. The molecule has 0 radical (unpaired) electrons. The van der Waals surface area contributed by atoms with Gasteiger partial charge in [0.25, 0.3) is 5.91 Å². The molecule has 0 N–H and O–H groups in total. The number of ether oxygens (including phenoxy) is 2. The molecule has 0 unspecified atom stereocenters. The molecule has 0 saturated carbocycles. The number of likely N-dealkylation sites (tertiary alicyclic amines) is 2. The molecule has 3 atom stereocenters. The van der Waals surface area contributed by atoms with Crippen LogP contribution in [-0.4, -0.2) is 66.5 Å². The summed E-state index contributed by atoms with van der Waals surface area (Å²) in [5.74, 6) is -1.29. The summed E-state index contributed by atoms with van der Waals surface area (Å²) < 4.78 is 21.7. The number of hydrogen-bond donors (Lipinski definition) is 0. The molecule has 2 aliphatic heterocycles. The summed E-state index contributed by atoms with van der Waals surface area (Å²) in [6, 6.07) is 5.83. The van der Waals surface area contributed by atoms with Crippen LogP contribution in [0.15, 0.2) is 45.6 Å². The third kappa shape index (κ3) is 4.17. The van der Waals surface area contributed by atoms with Gasteiger partial charge in [-0.15, -0.1) is 0 Å². The first-order valence-electron chi connectivity index (χ1n) is 11.4. The van der Waals surface area contributed by atoms with Gasteiger partial charge in [-0.1, -0.05) is 0 Å². The van der Waals surface area contributed by atoms with Crippen LogP contribution in [0.4, 0.5) is 0 Å². The summed E-state index contributed by atoms with van der Waals surface area (Å²) in [5, 5.41) is 0. The minimum atomic E-state index is -1.22. The van der Waals surface area contributed by atoms with E-state index in [1.807, 2.05) is 0 Å². The Balaban J connectivity index is 1.85. The van der Waals surface area contributed by atoms with Crippen molar-refractivity contribution in [3.63, 3.8) is 0 Å². The topological polar surface area (TPSA) is 102 Å². The van der Waals surface area contributed by atoms with Crippen LogP contribution < -0.4 is 0 Å². The lowest BCUT2D eigenvalue weighted by atomic mass is 9.85. The number of carbonyl (C=O) groups is 3. The minimum Gasteiger partial charge on any atom is -0.467 e. The first-order chi connectivity index (χ1) is 16.0. The lowest BCUT2D eigenvalue weighted by Gasteiger charge is -2.40. The smallest absolute Gasteiger partial charge is 0.311 e. The number of rotatable bonds is 7. The van der Waals surface area contributed by atoms with Crippen molar-refractivity contribution in [3.05, 3.63) is 48.3 Å². The Morgan fingerprint density at radius 2 is 1.97 bits per heavy atom. The Morgan fingerprint density at radius 1 is 1.18 bits per heavy atom. The standard InChI is InChI=1S/C24H30N2O7/c1-3-31-22(28)17-16-24(10-4-5-11-25(23(24)29)12-15-30-2)26(20(17)18-8-6-13-32-18)21(27)19-9-7-14-33-19/h6-9,13-14,17,20H,3-5,10-12,15-16H2,1-2H3/t17-,20+,24-/m0/s1. The van der Waals surface area contributed by atoms with E-state index in [-0.39, 0.29) is 24.7 Å². The lowest BCUT2D eigenvalue weighted by molar-refractivity contribution is -0.149.